The topological polar surface area (TPSA) is 87.1 Å². The molecule has 3 rings (SSSR count). The Labute approximate surface area is 147 Å². The third kappa shape index (κ3) is 4.81. The highest BCUT2D eigenvalue weighted by molar-refractivity contribution is 5.97. The number of hydrogen-bond donors (Lipinski definition) is 3. The summed E-state index contributed by atoms with van der Waals surface area (Å²) in [5.74, 6) is -0.412. The van der Waals surface area contributed by atoms with E-state index in [-0.39, 0.29) is 17.7 Å². The van der Waals surface area contributed by atoms with Gasteiger partial charge in [0, 0.05) is 23.2 Å². The Morgan fingerprint density at radius 1 is 1.23 bits per heavy atom. The summed E-state index contributed by atoms with van der Waals surface area (Å²) >= 11 is 0. The third-order valence-corrected chi connectivity index (χ3v) is 4.32. The fourth-order valence-electron chi connectivity index (χ4n) is 2.92. The highest BCUT2D eigenvalue weighted by Gasteiger charge is 2.28. The van der Waals surface area contributed by atoms with Crippen molar-refractivity contribution in [3.8, 4) is 0 Å². The van der Waals surface area contributed by atoms with E-state index in [1.54, 1.807) is 12.3 Å². The highest BCUT2D eigenvalue weighted by atomic mass is 19.4. The molecule has 1 saturated carbocycles. The summed E-state index contributed by atoms with van der Waals surface area (Å²) in [4.78, 5) is 20.5. The molecule has 1 heterocycles. The lowest BCUT2D eigenvalue weighted by Crippen LogP contribution is -2.33. The van der Waals surface area contributed by atoms with Crippen LogP contribution in [0.15, 0.2) is 24.4 Å². The lowest BCUT2D eigenvalue weighted by atomic mass is 9.93. The van der Waals surface area contributed by atoms with Crippen molar-refractivity contribution in [1.82, 2.24) is 15.3 Å². The third-order valence-electron chi connectivity index (χ3n) is 4.32. The minimum Gasteiger partial charge on any atom is -0.393 e. The molecular formula is C17H19F3N4O2. The van der Waals surface area contributed by atoms with E-state index in [2.05, 4.69) is 15.3 Å². The van der Waals surface area contributed by atoms with Gasteiger partial charge in [-0.15, -0.1) is 0 Å². The normalized spacial score (nSPS) is 20.8. The molecule has 0 saturated heterocycles. The lowest BCUT2D eigenvalue weighted by Gasteiger charge is -2.26. The van der Waals surface area contributed by atoms with Crippen molar-refractivity contribution in [2.45, 2.75) is 44.0 Å². The smallest absolute Gasteiger partial charge is 0.393 e. The maximum atomic E-state index is 12.2. The molecule has 0 aliphatic heterocycles. The van der Waals surface area contributed by atoms with Gasteiger partial charge in [-0.25, -0.2) is 9.97 Å². The zero-order valence-electron chi connectivity index (χ0n) is 13.9. The van der Waals surface area contributed by atoms with Crippen LogP contribution in [0.25, 0.3) is 10.9 Å². The number of carbonyl (C=O) groups is 1. The van der Waals surface area contributed by atoms with Crippen LogP contribution in [-0.4, -0.2) is 45.8 Å². The van der Waals surface area contributed by atoms with Gasteiger partial charge in [0.15, 0.2) is 0 Å². The van der Waals surface area contributed by atoms with Crippen LogP contribution in [-0.2, 0) is 0 Å². The number of fused-ring (bicyclic) bond motifs is 1. The first-order valence-electron chi connectivity index (χ1n) is 8.36. The van der Waals surface area contributed by atoms with Crippen LogP contribution >= 0.6 is 0 Å². The molecule has 140 valence electrons. The van der Waals surface area contributed by atoms with E-state index in [1.807, 2.05) is 5.32 Å². The molecule has 1 aliphatic rings. The molecular weight excluding hydrogens is 349 g/mol. The molecule has 1 amide bonds. The number of aliphatic hydroxyl groups is 1. The summed E-state index contributed by atoms with van der Waals surface area (Å²) in [5, 5.41) is 15.3. The summed E-state index contributed by atoms with van der Waals surface area (Å²) in [6.07, 6.45) is -0.0728. The van der Waals surface area contributed by atoms with E-state index >= 15 is 0 Å². The summed E-state index contributed by atoms with van der Waals surface area (Å²) < 4.78 is 36.7. The van der Waals surface area contributed by atoms with E-state index < -0.39 is 18.6 Å². The fourth-order valence-corrected chi connectivity index (χ4v) is 2.92. The fraction of sp³-hybridized carbons (Fsp3) is 0.471. The summed E-state index contributed by atoms with van der Waals surface area (Å²) in [5.41, 5.74) is 0.574. The molecule has 9 heteroatoms. The van der Waals surface area contributed by atoms with Crippen molar-refractivity contribution in [1.29, 1.82) is 0 Å². The van der Waals surface area contributed by atoms with Gasteiger partial charge in [0.1, 0.15) is 6.54 Å². The molecule has 26 heavy (non-hydrogen) atoms. The number of aromatic nitrogens is 2. The standard InChI is InChI=1S/C17H19F3N4O2/c18-17(19,20)9-22-15(26)10-1-2-11-8-21-16(24-14(11)7-10)23-12-3-5-13(25)6-4-12/h1-2,7-8,12-13,25H,3-6,9H2,(H,22,26)(H,21,23,24). The molecule has 0 radical (unpaired) electrons. The lowest BCUT2D eigenvalue weighted by molar-refractivity contribution is -0.123. The van der Waals surface area contributed by atoms with Gasteiger partial charge in [0.05, 0.1) is 11.6 Å². The highest BCUT2D eigenvalue weighted by Crippen LogP contribution is 2.22. The van der Waals surface area contributed by atoms with Gasteiger partial charge in [-0.05, 0) is 37.8 Å². The van der Waals surface area contributed by atoms with Crippen LogP contribution in [0.5, 0.6) is 0 Å². The number of amides is 1. The summed E-state index contributed by atoms with van der Waals surface area (Å²) in [6, 6.07) is 4.64. The number of halogens is 3. The first kappa shape index (κ1) is 18.4. The Morgan fingerprint density at radius 3 is 2.65 bits per heavy atom. The van der Waals surface area contributed by atoms with E-state index in [0.717, 1.165) is 25.7 Å². The molecule has 3 N–H and O–H groups in total. The predicted octanol–water partition coefficient (Wildman–Crippen LogP) is 2.64. The van der Waals surface area contributed by atoms with Crippen LogP contribution in [0.3, 0.4) is 0 Å². The van der Waals surface area contributed by atoms with Gasteiger partial charge < -0.3 is 15.7 Å². The van der Waals surface area contributed by atoms with Crippen molar-refractivity contribution in [3.63, 3.8) is 0 Å². The zero-order valence-corrected chi connectivity index (χ0v) is 13.9. The molecule has 6 nitrogen and oxygen atoms in total. The number of nitrogens with one attached hydrogen (secondary N) is 2. The molecule has 0 atom stereocenters. The van der Waals surface area contributed by atoms with E-state index in [9.17, 15) is 23.1 Å². The Kier molecular flexibility index (Phi) is 5.26. The van der Waals surface area contributed by atoms with Crippen molar-refractivity contribution in [3.05, 3.63) is 30.0 Å². The minimum atomic E-state index is -4.46. The second kappa shape index (κ2) is 7.45. The Morgan fingerprint density at radius 2 is 1.96 bits per heavy atom. The molecule has 0 spiro atoms. The summed E-state index contributed by atoms with van der Waals surface area (Å²) in [6.45, 7) is -1.38. The second-order valence-electron chi connectivity index (χ2n) is 6.41. The molecule has 1 aromatic heterocycles. The molecule has 1 aromatic carbocycles. The number of alkyl halides is 3. The van der Waals surface area contributed by atoms with Crippen LogP contribution in [0, 0.1) is 0 Å². The molecule has 0 bridgehead atoms. The van der Waals surface area contributed by atoms with Crippen molar-refractivity contribution in [2.75, 3.05) is 11.9 Å². The Bertz CT molecular complexity index is 789. The number of benzene rings is 1. The van der Waals surface area contributed by atoms with Gasteiger partial charge in [-0.1, -0.05) is 6.07 Å². The Hall–Kier alpha value is -2.42. The summed E-state index contributed by atoms with van der Waals surface area (Å²) in [7, 11) is 0. The van der Waals surface area contributed by atoms with Crippen molar-refractivity contribution >= 4 is 22.8 Å². The average Bonchev–Trinajstić information content (AvgIpc) is 2.60. The van der Waals surface area contributed by atoms with Gasteiger partial charge in [0.2, 0.25) is 5.95 Å². The van der Waals surface area contributed by atoms with Crippen LogP contribution in [0.2, 0.25) is 0 Å². The van der Waals surface area contributed by atoms with Crippen LogP contribution in [0.4, 0.5) is 19.1 Å². The first-order valence-corrected chi connectivity index (χ1v) is 8.36. The number of carbonyl (C=O) groups excluding carboxylic acids is 1. The SMILES string of the molecule is O=C(NCC(F)(F)F)c1ccc2cnc(NC3CCC(O)CC3)nc2c1. The van der Waals surface area contributed by atoms with Crippen LogP contribution < -0.4 is 10.6 Å². The van der Waals surface area contributed by atoms with Gasteiger partial charge in [-0.2, -0.15) is 13.2 Å². The van der Waals surface area contributed by atoms with Gasteiger partial charge in [-0.3, -0.25) is 4.79 Å². The number of anilines is 1. The number of aliphatic hydroxyl groups excluding tert-OH is 1. The molecule has 1 fully saturated rings. The quantitative estimate of drug-likeness (QED) is 0.772. The van der Waals surface area contributed by atoms with Crippen molar-refractivity contribution < 1.29 is 23.1 Å². The molecule has 0 unspecified atom stereocenters. The maximum Gasteiger partial charge on any atom is 0.405 e. The molecule has 2 aromatic rings. The van der Waals surface area contributed by atoms with Crippen LogP contribution in [0.1, 0.15) is 36.0 Å². The van der Waals surface area contributed by atoms with Gasteiger partial charge >= 0.3 is 6.18 Å². The largest absolute Gasteiger partial charge is 0.405 e. The number of hydrogen-bond acceptors (Lipinski definition) is 5. The minimum absolute atomic E-state index is 0.104. The number of nitrogens with zero attached hydrogens (tertiary/aromatic N) is 2. The first-order chi connectivity index (χ1) is 12.3. The van der Waals surface area contributed by atoms with E-state index in [0.29, 0.717) is 16.9 Å². The van der Waals surface area contributed by atoms with E-state index in [1.165, 1.54) is 12.1 Å². The van der Waals surface area contributed by atoms with Gasteiger partial charge in [0.25, 0.3) is 5.91 Å². The molecule has 1 aliphatic carbocycles. The predicted molar refractivity (Wildman–Crippen MR) is 89.8 cm³/mol. The zero-order chi connectivity index (χ0) is 18.7. The monoisotopic (exact) mass is 368 g/mol. The Balaban J connectivity index is 1.72. The number of rotatable bonds is 4. The van der Waals surface area contributed by atoms with Crippen molar-refractivity contribution in [2.24, 2.45) is 0 Å². The van der Waals surface area contributed by atoms with E-state index in [4.69, 9.17) is 0 Å². The average molecular weight is 368 g/mol. The maximum absolute atomic E-state index is 12.2. The second-order valence-corrected chi connectivity index (χ2v) is 6.41.